The first-order valence-corrected chi connectivity index (χ1v) is 7.74. The van der Waals surface area contributed by atoms with E-state index in [1.165, 1.54) is 38.5 Å². The highest BCUT2D eigenvalue weighted by molar-refractivity contribution is 4.73. The number of methoxy groups -OCH3 is 1. The predicted octanol–water partition coefficient (Wildman–Crippen LogP) is 4.39. The molecule has 0 aliphatic carbocycles. The molecule has 0 aromatic carbocycles. The van der Waals surface area contributed by atoms with Crippen LogP contribution in [-0.2, 0) is 4.74 Å². The number of hydrogen-bond acceptors (Lipinski definition) is 2. The van der Waals surface area contributed by atoms with Crippen molar-refractivity contribution >= 4 is 0 Å². The molecule has 1 atom stereocenters. The van der Waals surface area contributed by atoms with Gasteiger partial charge in [-0.2, -0.15) is 0 Å². The van der Waals surface area contributed by atoms with Crippen molar-refractivity contribution in [2.75, 3.05) is 20.3 Å². The fraction of sp³-hybridized carbons (Fsp3) is 1.00. The molecule has 0 aromatic heterocycles. The van der Waals surface area contributed by atoms with Crippen molar-refractivity contribution in [3.8, 4) is 0 Å². The van der Waals surface area contributed by atoms with Crippen LogP contribution in [0.3, 0.4) is 0 Å². The molecule has 110 valence electrons. The van der Waals surface area contributed by atoms with E-state index in [-0.39, 0.29) is 0 Å². The zero-order valence-corrected chi connectivity index (χ0v) is 13.3. The fourth-order valence-corrected chi connectivity index (χ4v) is 2.07. The Morgan fingerprint density at radius 2 is 1.78 bits per heavy atom. The Kier molecular flexibility index (Phi) is 10.8. The van der Waals surface area contributed by atoms with Crippen LogP contribution in [-0.4, -0.2) is 26.3 Å². The summed E-state index contributed by atoms with van der Waals surface area (Å²) < 4.78 is 5.16. The maximum atomic E-state index is 5.16. The van der Waals surface area contributed by atoms with Crippen molar-refractivity contribution in [2.24, 2.45) is 5.41 Å². The summed E-state index contributed by atoms with van der Waals surface area (Å²) >= 11 is 0. The van der Waals surface area contributed by atoms with Crippen LogP contribution in [0.25, 0.3) is 0 Å². The summed E-state index contributed by atoms with van der Waals surface area (Å²) in [5, 5.41) is 3.67. The zero-order valence-electron chi connectivity index (χ0n) is 13.3. The minimum atomic E-state index is 0.340. The van der Waals surface area contributed by atoms with Gasteiger partial charge in [-0.05, 0) is 25.2 Å². The Balaban J connectivity index is 3.53. The molecule has 18 heavy (non-hydrogen) atoms. The van der Waals surface area contributed by atoms with Crippen LogP contribution in [0.15, 0.2) is 0 Å². The smallest absolute Gasteiger partial charge is 0.0467 e. The summed E-state index contributed by atoms with van der Waals surface area (Å²) in [6.07, 6.45) is 9.33. The van der Waals surface area contributed by atoms with Crippen LogP contribution in [0.4, 0.5) is 0 Å². The van der Waals surface area contributed by atoms with Gasteiger partial charge >= 0.3 is 0 Å². The molecule has 1 N–H and O–H groups in total. The highest BCUT2D eigenvalue weighted by atomic mass is 16.5. The summed E-state index contributed by atoms with van der Waals surface area (Å²) in [7, 11) is 1.78. The van der Waals surface area contributed by atoms with Gasteiger partial charge in [0.1, 0.15) is 0 Å². The zero-order chi connectivity index (χ0) is 13.9. The summed E-state index contributed by atoms with van der Waals surface area (Å²) in [6, 6.07) is 0.647. The Hall–Kier alpha value is -0.0800. The molecule has 0 amide bonds. The van der Waals surface area contributed by atoms with Gasteiger partial charge in [-0.25, -0.2) is 0 Å². The molecule has 0 aliphatic rings. The van der Waals surface area contributed by atoms with Gasteiger partial charge in [0.2, 0.25) is 0 Å². The maximum absolute atomic E-state index is 5.16. The largest absolute Gasteiger partial charge is 0.385 e. The lowest BCUT2D eigenvalue weighted by atomic mass is 9.89. The van der Waals surface area contributed by atoms with Gasteiger partial charge in [-0.15, -0.1) is 0 Å². The average Bonchev–Trinajstić information content (AvgIpc) is 2.34. The molecule has 0 saturated carbocycles. The maximum Gasteiger partial charge on any atom is 0.0467 e. The summed E-state index contributed by atoms with van der Waals surface area (Å²) in [6.45, 7) is 11.2. The van der Waals surface area contributed by atoms with Crippen LogP contribution >= 0.6 is 0 Å². The Morgan fingerprint density at radius 1 is 1.11 bits per heavy atom. The molecule has 0 spiro atoms. The van der Waals surface area contributed by atoms with E-state index in [9.17, 15) is 0 Å². The van der Waals surface area contributed by atoms with E-state index in [1.807, 2.05) is 0 Å². The lowest BCUT2D eigenvalue weighted by Crippen LogP contribution is -2.36. The van der Waals surface area contributed by atoms with E-state index < -0.39 is 0 Å². The number of ether oxygens (including phenoxy) is 1. The van der Waals surface area contributed by atoms with Crippen molar-refractivity contribution < 1.29 is 4.74 Å². The highest BCUT2D eigenvalue weighted by Gasteiger charge is 2.17. The second kappa shape index (κ2) is 10.8. The minimum Gasteiger partial charge on any atom is -0.385 e. The number of hydrogen-bond donors (Lipinski definition) is 1. The van der Waals surface area contributed by atoms with Gasteiger partial charge in [0.25, 0.3) is 0 Å². The van der Waals surface area contributed by atoms with Crippen LogP contribution in [0.5, 0.6) is 0 Å². The normalized spacial score (nSPS) is 13.8. The SMILES string of the molecule is CCCCCCCC(C)NCC(C)(C)CCOC. The lowest BCUT2D eigenvalue weighted by molar-refractivity contribution is 0.149. The summed E-state index contributed by atoms with van der Waals surface area (Å²) in [5.41, 5.74) is 0.340. The van der Waals surface area contributed by atoms with Crippen molar-refractivity contribution in [1.82, 2.24) is 5.32 Å². The van der Waals surface area contributed by atoms with Crippen molar-refractivity contribution in [3.63, 3.8) is 0 Å². The third kappa shape index (κ3) is 11.0. The number of nitrogens with one attached hydrogen (secondary N) is 1. The van der Waals surface area contributed by atoms with E-state index in [0.29, 0.717) is 11.5 Å². The number of unbranched alkanes of at least 4 members (excludes halogenated alkanes) is 4. The first-order chi connectivity index (χ1) is 8.52. The van der Waals surface area contributed by atoms with Gasteiger partial charge in [0.05, 0.1) is 0 Å². The highest BCUT2D eigenvalue weighted by Crippen LogP contribution is 2.19. The first kappa shape index (κ1) is 17.9. The monoisotopic (exact) mass is 257 g/mol. The summed E-state index contributed by atoms with van der Waals surface area (Å²) in [5.74, 6) is 0. The van der Waals surface area contributed by atoms with E-state index in [2.05, 4.69) is 33.0 Å². The van der Waals surface area contributed by atoms with Gasteiger partial charge in [-0.3, -0.25) is 0 Å². The molecule has 0 radical (unpaired) electrons. The van der Waals surface area contributed by atoms with Gasteiger partial charge < -0.3 is 10.1 Å². The third-order valence-corrected chi connectivity index (χ3v) is 3.65. The molecular formula is C16H35NO. The van der Waals surface area contributed by atoms with E-state index in [4.69, 9.17) is 4.74 Å². The number of rotatable bonds is 12. The molecule has 2 nitrogen and oxygen atoms in total. The predicted molar refractivity (Wildman–Crippen MR) is 81.1 cm³/mol. The van der Waals surface area contributed by atoms with E-state index in [1.54, 1.807) is 7.11 Å². The quantitative estimate of drug-likeness (QED) is 0.524. The van der Waals surface area contributed by atoms with E-state index >= 15 is 0 Å². The van der Waals surface area contributed by atoms with E-state index in [0.717, 1.165) is 19.6 Å². The average molecular weight is 257 g/mol. The molecule has 0 aromatic rings. The Bertz CT molecular complexity index is 180. The Labute approximate surface area is 115 Å². The minimum absolute atomic E-state index is 0.340. The molecule has 1 unspecified atom stereocenters. The van der Waals surface area contributed by atoms with Crippen LogP contribution in [0, 0.1) is 5.41 Å². The van der Waals surface area contributed by atoms with Crippen molar-refractivity contribution in [2.45, 2.75) is 78.7 Å². The van der Waals surface area contributed by atoms with Crippen molar-refractivity contribution in [1.29, 1.82) is 0 Å². The van der Waals surface area contributed by atoms with Crippen LogP contribution < -0.4 is 5.32 Å². The van der Waals surface area contributed by atoms with Gasteiger partial charge in [0.15, 0.2) is 0 Å². The second-order valence-electron chi connectivity index (χ2n) is 6.39. The van der Waals surface area contributed by atoms with Gasteiger partial charge in [0, 0.05) is 26.3 Å². The second-order valence-corrected chi connectivity index (χ2v) is 6.39. The molecule has 0 saturated heterocycles. The molecule has 2 heteroatoms. The standard InChI is InChI=1S/C16H35NO/c1-6-7-8-9-10-11-15(2)17-14-16(3,4)12-13-18-5/h15,17H,6-14H2,1-5H3. The van der Waals surface area contributed by atoms with Crippen LogP contribution in [0.1, 0.15) is 72.6 Å². The summed E-state index contributed by atoms with van der Waals surface area (Å²) in [4.78, 5) is 0. The molecule has 0 rings (SSSR count). The first-order valence-electron chi connectivity index (χ1n) is 7.74. The molecule has 0 aliphatic heterocycles. The molecular weight excluding hydrogens is 222 g/mol. The third-order valence-electron chi connectivity index (χ3n) is 3.65. The molecule has 0 heterocycles. The molecule has 0 fully saturated rings. The fourth-order valence-electron chi connectivity index (χ4n) is 2.07. The van der Waals surface area contributed by atoms with Crippen LogP contribution in [0.2, 0.25) is 0 Å². The topological polar surface area (TPSA) is 21.3 Å². The van der Waals surface area contributed by atoms with Crippen molar-refractivity contribution in [3.05, 3.63) is 0 Å². The van der Waals surface area contributed by atoms with Gasteiger partial charge in [-0.1, -0.05) is 52.9 Å². The lowest BCUT2D eigenvalue weighted by Gasteiger charge is -2.27. The Morgan fingerprint density at radius 3 is 2.39 bits per heavy atom. The molecule has 0 bridgehead atoms.